The second-order valence-corrected chi connectivity index (χ2v) is 6.94. The summed E-state index contributed by atoms with van der Waals surface area (Å²) in [4.78, 5) is 26.1. The van der Waals surface area contributed by atoms with Gasteiger partial charge >= 0.3 is 0 Å². The van der Waals surface area contributed by atoms with Crippen molar-refractivity contribution in [2.24, 2.45) is 0 Å². The molecule has 0 fully saturated rings. The van der Waals surface area contributed by atoms with E-state index < -0.39 is 0 Å². The normalized spacial score (nSPS) is 10.4. The van der Waals surface area contributed by atoms with Gasteiger partial charge in [0.1, 0.15) is 12.3 Å². The number of likely N-dealkylation sites (N-methyl/N-ethyl adjacent to an activating group) is 1. The second-order valence-electron chi connectivity index (χ2n) is 6.94. The average Bonchev–Trinajstić information content (AvgIpc) is 3.20. The van der Waals surface area contributed by atoms with Crippen LogP contribution < -0.4 is 10.1 Å². The molecule has 1 aromatic heterocycles. The van der Waals surface area contributed by atoms with Crippen molar-refractivity contribution in [1.29, 1.82) is 0 Å². The van der Waals surface area contributed by atoms with E-state index in [1.807, 2.05) is 60.7 Å². The third-order valence-corrected chi connectivity index (χ3v) is 4.56. The number of aromatic nitrogens is 2. The highest BCUT2D eigenvalue weighted by atomic mass is 16.5. The van der Waals surface area contributed by atoms with Crippen molar-refractivity contribution in [3.05, 3.63) is 78.6 Å². The Morgan fingerprint density at radius 3 is 2.50 bits per heavy atom. The number of carbonyl (C=O) groups excluding carboxylic acids is 2. The Labute approximate surface area is 176 Å². The molecule has 0 aliphatic heterocycles. The standard InChI is InChI=1S/C23H26N4O3/c1-26(14-12-19-8-4-2-5-9-19)23(29)18-27-17-20(16-24-27)25-22(28)13-15-30-21-10-6-3-7-11-21/h2-11,16-17H,12-15,18H2,1H3,(H,25,28). The van der Waals surface area contributed by atoms with Crippen LogP contribution in [0.4, 0.5) is 5.69 Å². The van der Waals surface area contributed by atoms with Gasteiger partial charge in [-0.15, -0.1) is 0 Å². The largest absolute Gasteiger partial charge is 0.493 e. The maximum atomic E-state index is 12.4. The lowest BCUT2D eigenvalue weighted by atomic mass is 10.1. The molecule has 0 spiro atoms. The van der Waals surface area contributed by atoms with Crippen LogP contribution in [0.25, 0.3) is 0 Å². The number of carbonyl (C=O) groups is 2. The molecule has 0 bridgehead atoms. The maximum Gasteiger partial charge on any atom is 0.244 e. The molecule has 0 saturated carbocycles. The van der Waals surface area contributed by atoms with E-state index >= 15 is 0 Å². The Kier molecular flexibility index (Phi) is 7.60. The number of hydrogen-bond donors (Lipinski definition) is 1. The lowest BCUT2D eigenvalue weighted by Crippen LogP contribution is -2.32. The molecule has 3 rings (SSSR count). The van der Waals surface area contributed by atoms with Crippen molar-refractivity contribution < 1.29 is 14.3 Å². The van der Waals surface area contributed by atoms with E-state index in [-0.39, 0.29) is 31.4 Å². The van der Waals surface area contributed by atoms with Gasteiger partial charge in [-0.2, -0.15) is 5.10 Å². The third-order valence-electron chi connectivity index (χ3n) is 4.56. The van der Waals surface area contributed by atoms with Gasteiger partial charge < -0.3 is 15.0 Å². The number of para-hydroxylation sites is 1. The maximum absolute atomic E-state index is 12.4. The smallest absolute Gasteiger partial charge is 0.244 e. The van der Waals surface area contributed by atoms with Crippen LogP contribution in [0.1, 0.15) is 12.0 Å². The molecule has 0 aliphatic carbocycles. The topological polar surface area (TPSA) is 76.5 Å². The van der Waals surface area contributed by atoms with Gasteiger partial charge in [-0.05, 0) is 24.1 Å². The highest BCUT2D eigenvalue weighted by Crippen LogP contribution is 2.10. The minimum atomic E-state index is -0.170. The van der Waals surface area contributed by atoms with Crippen molar-refractivity contribution in [2.75, 3.05) is 25.5 Å². The summed E-state index contributed by atoms with van der Waals surface area (Å²) in [6, 6.07) is 19.4. The van der Waals surface area contributed by atoms with Crippen LogP contribution in [0.2, 0.25) is 0 Å². The number of anilines is 1. The molecule has 1 heterocycles. The summed E-state index contributed by atoms with van der Waals surface area (Å²) >= 11 is 0. The zero-order valence-corrected chi connectivity index (χ0v) is 17.0. The molecule has 7 nitrogen and oxygen atoms in total. The summed E-state index contributed by atoms with van der Waals surface area (Å²) in [5, 5.41) is 6.93. The molecule has 30 heavy (non-hydrogen) atoms. The fraction of sp³-hybridized carbons (Fsp3) is 0.261. The van der Waals surface area contributed by atoms with Crippen LogP contribution in [-0.2, 0) is 22.6 Å². The van der Waals surface area contributed by atoms with Crippen molar-refractivity contribution in [3.63, 3.8) is 0 Å². The van der Waals surface area contributed by atoms with Gasteiger partial charge in [-0.1, -0.05) is 48.5 Å². The Hall–Kier alpha value is -3.61. The van der Waals surface area contributed by atoms with Crippen molar-refractivity contribution >= 4 is 17.5 Å². The minimum Gasteiger partial charge on any atom is -0.493 e. The monoisotopic (exact) mass is 406 g/mol. The van der Waals surface area contributed by atoms with Gasteiger partial charge in [0.05, 0.1) is 24.9 Å². The molecule has 2 aromatic carbocycles. The summed E-state index contributed by atoms with van der Waals surface area (Å²) in [7, 11) is 1.78. The predicted octanol–water partition coefficient (Wildman–Crippen LogP) is 2.99. The molecule has 0 radical (unpaired) electrons. The van der Waals surface area contributed by atoms with E-state index in [1.54, 1.807) is 18.1 Å². The summed E-state index contributed by atoms with van der Waals surface area (Å²) in [5.74, 6) is 0.521. The van der Waals surface area contributed by atoms with E-state index in [9.17, 15) is 9.59 Å². The Morgan fingerprint density at radius 1 is 1.07 bits per heavy atom. The Balaban J connectivity index is 1.39. The Bertz CT molecular complexity index is 941. The van der Waals surface area contributed by atoms with Crippen LogP contribution in [0.3, 0.4) is 0 Å². The summed E-state index contributed by atoms with van der Waals surface area (Å²) in [6.45, 7) is 1.04. The molecule has 7 heteroatoms. The van der Waals surface area contributed by atoms with E-state index in [0.717, 1.165) is 12.2 Å². The summed E-state index contributed by atoms with van der Waals surface area (Å²) < 4.78 is 7.05. The van der Waals surface area contributed by atoms with Gasteiger partial charge in [0, 0.05) is 19.8 Å². The molecule has 1 N–H and O–H groups in total. The number of nitrogens with zero attached hydrogens (tertiary/aromatic N) is 3. The van der Waals surface area contributed by atoms with Crippen LogP contribution >= 0.6 is 0 Å². The molecule has 156 valence electrons. The third kappa shape index (κ3) is 6.77. The van der Waals surface area contributed by atoms with Crippen LogP contribution in [0, 0.1) is 0 Å². The number of ether oxygens (including phenoxy) is 1. The van der Waals surface area contributed by atoms with Crippen LogP contribution in [-0.4, -0.2) is 46.7 Å². The van der Waals surface area contributed by atoms with Gasteiger partial charge in [-0.25, -0.2) is 0 Å². The lowest BCUT2D eigenvalue weighted by molar-refractivity contribution is -0.130. The first-order valence-electron chi connectivity index (χ1n) is 9.88. The molecule has 0 unspecified atom stereocenters. The number of nitrogens with one attached hydrogen (secondary N) is 1. The average molecular weight is 406 g/mol. The summed E-state index contributed by atoms with van der Waals surface area (Å²) in [6.07, 6.45) is 4.21. The number of amides is 2. The first kappa shape index (κ1) is 21.1. The molecular formula is C23H26N4O3. The Morgan fingerprint density at radius 2 is 1.77 bits per heavy atom. The fourth-order valence-corrected chi connectivity index (χ4v) is 2.84. The van der Waals surface area contributed by atoms with Crippen LogP contribution in [0.15, 0.2) is 73.1 Å². The number of hydrogen-bond acceptors (Lipinski definition) is 4. The van der Waals surface area contributed by atoms with Crippen molar-refractivity contribution in [2.45, 2.75) is 19.4 Å². The predicted molar refractivity (Wildman–Crippen MR) is 115 cm³/mol. The highest BCUT2D eigenvalue weighted by molar-refractivity contribution is 5.90. The quantitative estimate of drug-likeness (QED) is 0.562. The van der Waals surface area contributed by atoms with Crippen molar-refractivity contribution in [3.8, 4) is 5.75 Å². The molecule has 0 aliphatic rings. The zero-order valence-electron chi connectivity index (χ0n) is 17.0. The molecule has 2 amide bonds. The molecular weight excluding hydrogens is 380 g/mol. The van der Waals surface area contributed by atoms with Crippen molar-refractivity contribution in [1.82, 2.24) is 14.7 Å². The number of benzene rings is 2. The lowest BCUT2D eigenvalue weighted by Gasteiger charge is -2.17. The number of rotatable bonds is 10. The summed E-state index contributed by atoms with van der Waals surface area (Å²) in [5.41, 5.74) is 1.75. The molecule has 0 saturated heterocycles. The first-order chi connectivity index (χ1) is 14.6. The van der Waals surface area contributed by atoms with E-state index in [1.165, 1.54) is 16.4 Å². The van der Waals surface area contributed by atoms with Gasteiger partial charge in [0.15, 0.2) is 0 Å². The van der Waals surface area contributed by atoms with E-state index in [4.69, 9.17) is 4.74 Å². The minimum absolute atomic E-state index is 0.0387. The van der Waals surface area contributed by atoms with E-state index in [2.05, 4.69) is 10.4 Å². The first-order valence-corrected chi connectivity index (χ1v) is 9.88. The second kappa shape index (κ2) is 10.8. The zero-order chi connectivity index (χ0) is 21.2. The highest BCUT2D eigenvalue weighted by Gasteiger charge is 2.11. The van der Waals surface area contributed by atoms with Gasteiger partial charge in [0.2, 0.25) is 11.8 Å². The van der Waals surface area contributed by atoms with E-state index in [0.29, 0.717) is 12.2 Å². The van der Waals surface area contributed by atoms with Crippen LogP contribution in [0.5, 0.6) is 5.75 Å². The van der Waals surface area contributed by atoms with Gasteiger partial charge in [0.25, 0.3) is 0 Å². The molecule has 0 atom stereocenters. The van der Waals surface area contributed by atoms with Gasteiger partial charge in [-0.3, -0.25) is 14.3 Å². The SMILES string of the molecule is CN(CCc1ccccc1)C(=O)Cn1cc(NC(=O)CCOc2ccccc2)cn1. The fourth-order valence-electron chi connectivity index (χ4n) is 2.84. The molecule has 3 aromatic rings.